The van der Waals surface area contributed by atoms with E-state index in [0.29, 0.717) is 5.02 Å². The van der Waals surface area contributed by atoms with Crippen molar-refractivity contribution in [2.45, 2.75) is 32.9 Å². The summed E-state index contributed by atoms with van der Waals surface area (Å²) >= 11 is 6.14. The van der Waals surface area contributed by atoms with E-state index in [1.807, 2.05) is 93.6 Å². The minimum absolute atomic E-state index is 0.0479. The van der Waals surface area contributed by atoms with Gasteiger partial charge in [0.2, 0.25) is 5.91 Å². The van der Waals surface area contributed by atoms with E-state index in [1.54, 1.807) is 0 Å². The lowest BCUT2D eigenvalue weighted by atomic mass is 10.0. The summed E-state index contributed by atoms with van der Waals surface area (Å²) < 4.78 is 0. The van der Waals surface area contributed by atoms with Crippen molar-refractivity contribution in [3.63, 3.8) is 0 Å². The number of benzene rings is 3. The lowest BCUT2D eigenvalue weighted by Crippen LogP contribution is -2.34. The normalized spacial score (nSPS) is 13.0. The van der Waals surface area contributed by atoms with Crippen molar-refractivity contribution < 1.29 is 4.79 Å². The van der Waals surface area contributed by atoms with Crippen molar-refractivity contribution in [2.75, 3.05) is 5.32 Å². The number of nitrogens with one attached hydrogen (secondary N) is 2. The van der Waals surface area contributed by atoms with Crippen molar-refractivity contribution in [3.8, 4) is 0 Å². The highest BCUT2D eigenvalue weighted by atomic mass is 35.5. The molecule has 3 aromatic rings. The first-order valence-corrected chi connectivity index (χ1v) is 9.76. The van der Waals surface area contributed by atoms with E-state index in [4.69, 9.17) is 11.6 Å². The molecule has 0 aromatic heterocycles. The van der Waals surface area contributed by atoms with E-state index in [0.717, 1.165) is 27.9 Å². The Morgan fingerprint density at radius 1 is 0.893 bits per heavy atom. The summed E-state index contributed by atoms with van der Waals surface area (Å²) in [6, 6.07) is 23.0. The summed E-state index contributed by atoms with van der Waals surface area (Å²) in [5.74, 6) is -0.0891. The molecule has 3 aromatic carbocycles. The van der Waals surface area contributed by atoms with Gasteiger partial charge in [-0.2, -0.15) is 0 Å². The predicted molar refractivity (Wildman–Crippen MR) is 117 cm³/mol. The second-order valence-corrected chi connectivity index (χ2v) is 7.53. The zero-order valence-electron chi connectivity index (χ0n) is 16.4. The fraction of sp³-hybridized carbons (Fsp3) is 0.208. The van der Waals surface area contributed by atoms with Gasteiger partial charge in [-0.05, 0) is 61.2 Å². The van der Waals surface area contributed by atoms with Crippen molar-refractivity contribution in [1.82, 2.24) is 5.32 Å². The minimum atomic E-state index is -0.491. The predicted octanol–water partition coefficient (Wildman–Crippen LogP) is 5.99. The molecule has 0 aliphatic rings. The molecular formula is C24H25ClN2O. The molecule has 3 nitrogen and oxygen atoms in total. The summed E-state index contributed by atoms with van der Waals surface area (Å²) in [5, 5.41) is 7.23. The number of hydrogen-bond acceptors (Lipinski definition) is 2. The van der Waals surface area contributed by atoms with Gasteiger partial charge in [-0.25, -0.2) is 0 Å². The monoisotopic (exact) mass is 392 g/mol. The van der Waals surface area contributed by atoms with Gasteiger partial charge in [-0.1, -0.05) is 66.2 Å². The first kappa shape index (κ1) is 20.1. The minimum Gasteiger partial charge on any atom is -0.324 e. The van der Waals surface area contributed by atoms with Crippen LogP contribution in [0.1, 0.15) is 41.3 Å². The number of anilines is 1. The first-order chi connectivity index (χ1) is 13.4. The highest BCUT2D eigenvalue weighted by Gasteiger charge is 2.23. The second kappa shape index (κ2) is 9.05. The summed E-state index contributed by atoms with van der Waals surface area (Å²) in [6.07, 6.45) is 0. The van der Waals surface area contributed by atoms with Crippen molar-refractivity contribution in [2.24, 2.45) is 0 Å². The van der Waals surface area contributed by atoms with Gasteiger partial charge in [-0.15, -0.1) is 0 Å². The molecule has 0 fully saturated rings. The molecule has 0 aliphatic carbocycles. The SMILES string of the molecule is Cc1ccc(C)c(NC(=O)[C@H](N[C@H](C)c2cccc(Cl)c2)c2ccccc2)c1. The Bertz CT molecular complexity index is 956. The molecule has 1 amide bonds. The summed E-state index contributed by atoms with van der Waals surface area (Å²) in [5.41, 5.74) is 4.93. The number of carbonyl (C=O) groups excluding carboxylic acids is 1. The zero-order chi connectivity index (χ0) is 20.1. The van der Waals surface area contributed by atoms with Crippen LogP contribution in [0.15, 0.2) is 72.8 Å². The van der Waals surface area contributed by atoms with Crippen LogP contribution in [0, 0.1) is 13.8 Å². The van der Waals surface area contributed by atoms with Crippen molar-refractivity contribution in [1.29, 1.82) is 0 Å². The van der Waals surface area contributed by atoms with Crippen molar-refractivity contribution in [3.05, 3.63) is 100 Å². The standard InChI is InChI=1S/C24H25ClN2O/c1-16-12-13-17(2)22(14-16)27-24(28)23(19-8-5-4-6-9-19)26-18(3)20-10-7-11-21(25)15-20/h4-15,18,23,26H,1-3H3,(H,27,28)/t18-,23-/m1/s1. The van der Waals surface area contributed by atoms with Crippen LogP contribution in [-0.2, 0) is 4.79 Å². The average Bonchev–Trinajstić information content (AvgIpc) is 2.69. The number of carbonyl (C=O) groups is 1. The Hall–Kier alpha value is -2.62. The van der Waals surface area contributed by atoms with Crippen molar-refractivity contribution >= 4 is 23.2 Å². The Morgan fingerprint density at radius 2 is 1.61 bits per heavy atom. The number of aryl methyl sites for hydroxylation is 2. The molecule has 0 spiro atoms. The molecule has 4 heteroatoms. The molecule has 0 aliphatic heterocycles. The Morgan fingerprint density at radius 3 is 2.32 bits per heavy atom. The third-order valence-corrected chi connectivity index (χ3v) is 5.05. The summed E-state index contributed by atoms with van der Waals surface area (Å²) in [4.78, 5) is 13.2. The van der Waals surface area contributed by atoms with Crippen LogP contribution in [0.4, 0.5) is 5.69 Å². The maximum absolute atomic E-state index is 13.2. The molecule has 28 heavy (non-hydrogen) atoms. The van der Waals surface area contributed by atoms with Gasteiger partial charge >= 0.3 is 0 Å². The molecule has 0 saturated carbocycles. The Balaban J connectivity index is 1.86. The molecule has 3 rings (SSSR count). The van der Waals surface area contributed by atoms with Gasteiger partial charge in [0.1, 0.15) is 6.04 Å². The molecule has 0 unspecified atom stereocenters. The molecule has 144 valence electrons. The lowest BCUT2D eigenvalue weighted by molar-refractivity contribution is -0.118. The second-order valence-electron chi connectivity index (χ2n) is 7.09. The Kier molecular flexibility index (Phi) is 6.50. The number of amides is 1. The molecule has 0 bridgehead atoms. The van der Waals surface area contributed by atoms with Gasteiger partial charge in [-0.3, -0.25) is 10.1 Å². The van der Waals surface area contributed by atoms with Gasteiger partial charge in [0.15, 0.2) is 0 Å². The highest BCUT2D eigenvalue weighted by Crippen LogP contribution is 2.24. The largest absolute Gasteiger partial charge is 0.324 e. The summed E-state index contributed by atoms with van der Waals surface area (Å²) in [6.45, 7) is 6.05. The third kappa shape index (κ3) is 5.00. The van der Waals surface area contributed by atoms with E-state index >= 15 is 0 Å². The van der Waals surface area contributed by atoms with E-state index in [2.05, 4.69) is 10.6 Å². The third-order valence-electron chi connectivity index (χ3n) is 4.81. The number of hydrogen-bond donors (Lipinski definition) is 2. The van der Waals surface area contributed by atoms with E-state index in [9.17, 15) is 4.79 Å². The molecule has 0 saturated heterocycles. The van der Waals surface area contributed by atoms with Crippen LogP contribution in [0.25, 0.3) is 0 Å². The maximum atomic E-state index is 13.2. The average molecular weight is 393 g/mol. The van der Waals surface area contributed by atoms with Crippen LogP contribution >= 0.6 is 11.6 Å². The molecular weight excluding hydrogens is 368 g/mol. The van der Waals surface area contributed by atoms with E-state index < -0.39 is 6.04 Å². The maximum Gasteiger partial charge on any atom is 0.246 e. The fourth-order valence-corrected chi connectivity index (χ4v) is 3.37. The molecule has 2 atom stereocenters. The smallest absolute Gasteiger partial charge is 0.246 e. The van der Waals surface area contributed by atoms with Gasteiger partial charge in [0, 0.05) is 16.8 Å². The van der Waals surface area contributed by atoms with Crippen LogP contribution in [0.3, 0.4) is 0 Å². The van der Waals surface area contributed by atoms with Gasteiger partial charge in [0.25, 0.3) is 0 Å². The number of rotatable bonds is 6. The topological polar surface area (TPSA) is 41.1 Å². The van der Waals surface area contributed by atoms with Crippen LogP contribution < -0.4 is 10.6 Å². The first-order valence-electron chi connectivity index (χ1n) is 9.38. The molecule has 0 radical (unpaired) electrons. The quantitative estimate of drug-likeness (QED) is 0.541. The number of halogens is 1. The zero-order valence-corrected chi connectivity index (χ0v) is 17.1. The van der Waals surface area contributed by atoms with E-state index in [-0.39, 0.29) is 11.9 Å². The Labute approximate surface area is 171 Å². The van der Waals surface area contributed by atoms with E-state index in [1.165, 1.54) is 0 Å². The summed E-state index contributed by atoms with van der Waals surface area (Å²) in [7, 11) is 0. The lowest BCUT2D eigenvalue weighted by Gasteiger charge is -2.24. The molecule has 2 N–H and O–H groups in total. The molecule has 0 heterocycles. The van der Waals surface area contributed by atoms with Crippen LogP contribution in [0.2, 0.25) is 5.02 Å². The van der Waals surface area contributed by atoms with Gasteiger partial charge < -0.3 is 5.32 Å². The fourth-order valence-electron chi connectivity index (χ4n) is 3.17. The van der Waals surface area contributed by atoms with Crippen LogP contribution in [0.5, 0.6) is 0 Å². The van der Waals surface area contributed by atoms with Gasteiger partial charge in [0.05, 0.1) is 0 Å². The highest BCUT2D eigenvalue weighted by molar-refractivity contribution is 6.30. The van der Waals surface area contributed by atoms with Crippen LogP contribution in [-0.4, -0.2) is 5.91 Å².